The predicted octanol–water partition coefficient (Wildman–Crippen LogP) is 2.90. The lowest BCUT2D eigenvalue weighted by molar-refractivity contribution is -0.133. The lowest BCUT2D eigenvalue weighted by Gasteiger charge is -2.23. The third-order valence-corrected chi connectivity index (χ3v) is 3.34. The van der Waals surface area contributed by atoms with E-state index in [1.165, 1.54) is 0 Å². The van der Waals surface area contributed by atoms with E-state index in [0.29, 0.717) is 22.8 Å². The monoisotopic (exact) mass is 353 g/mol. The van der Waals surface area contributed by atoms with Crippen LogP contribution in [0.5, 0.6) is 0 Å². The molecule has 3 N–H and O–H groups in total. The zero-order valence-electron chi connectivity index (χ0n) is 13.7. The van der Waals surface area contributed by atoms with Crippen molar-refractivity contribution in [2.24, 2.45) is 0 Å². The van der Waals surface area contributed by atoms with Crippen molar-refractivity contribution in [1.29, 1.82) is 0 Å². The van der Waals surface area contributed by atoms with E-state index in [-0.39, 0.29) is 18.2 Å². The summed E-state index contributed by atoms with van der Waals surface area (Å²) >= 11 is 6.06. The lowest BCUT2D eigenvalue weighted by Crippen LogP contribution is -2.47. The molecule has 1 aliphatic heterocycles. The Kier molecular flexibility index (Phi) is 5.33. The molecular weight excluding hydrogens is 334 g/mol. The fraction of sp³-hybridized carbons (Fsp3) is 0.438. The average molecular weight is 354 g/mol. The van der Waals surface area contributed by atoms with Gasteiger partial charge in [0.05, 0.1) is 0 Å². The van der Waals surface area contributed by atoms with E-state index in [1.54, 1.807) is 39.0 Å². The molecule has 24 heavy (non-hydrogen) atoms. The predicted molar refractivity (Wildman–Crippen MR) is 91.1 cm³/mol. The molecule has 2 rings (SSSR count). The van der Waals surface area contributed by atoms with Crippen molar-refractivity contribution in [1.82, 2.24) is 5.32 Å². The van der Waals surface area contributed by atoms with Crippen LogP contribution in [0.25, 0.3) is 0 Å². The third kappa shape index (κ3) is 5.42. The van der Waals surface area contributed by atoms with Crippen molar-refractivity contribution in [2.45, 2.75) is 45.3 Å². The van der Waals surface area contributed by atoms with E-state index < -0.39 is 17.7 Å². The normalized spacial score (nSPS) is 17.9. The maximum absolute atomic E-state index is 11.8. The van der Waals surface area contributed by atoms with Crippen LogP contribution in [0.1, 0.15) is 33.6 Å². The Balaban J connectivity index is 2.07. The fourth-order valence-electron chi connectivity index (χ4n) is 2.20. The molecule has 1 saturated heterocycles. The van der Waals surface area contributed by atoms with Crippen LogP contribution in [0.2, 0.25) is 5.02 Å². The van der Waals surface area contributed by atoms with Gasteiger partial charge in [-0.3, -0.25) is 20.2 Å². The van der Waals surface area contributed by atoms with Crippen molar-refractivity contribution in [2.75, 3.05) is 10.6 Å². The number of amides is 3. The van der Waals surface area contributed by atoms with Gasteiger partial charge in [-0.1, -0.05) is 11.6 Å². The van der Waals surface area contributed by atoms with E-state index in [1.807, 2.05) is 0 Å². The van der Waals surface area contributed by atoms with Gasteiger partial charge >= 0.3 is 6.09 Å². The zero-order valence-corrected chi connectivity index (χ0v) is 14.5. The molecule has 1 aromatic carbocycles. The van der Waals surface area contributed by atoms with E-state index >= 15 is 0 Å². The Hall–Kier alpha value is -2.28. The molecule has 1 fully saturated rings. The molecule has 0 aromatic heterocycles. The summed E-state index contributed by atoms with van der Waals surface area (Å²) in [5.74, 6) is -0.663. The molecule has 0 aliphatic carbocycles. The van der Waals surface area contributed by atoms with Crippen LogP contribution in [-0.4, -0.2) is 29.6 Å². The number of carbonyl (C=O) groups is 3. The summed E-state index contributed by atoms with van der Waals surface area (Å²) in [6.45, 7) is 5.29. The minimum Gasteiger partial charge on any atom is -0.444 e. The second-order valence-corrected chi connectivity index (χ2v) is 6.94. The van der Waals surface area contributed by atoms with Crippen molar-refractivity contribution in [3.05, 3.63) is 23.2 Å². The molecular formula is C16H20ClN3O4. The number of benzene rings is 1. The molecule has 1 heterocycles. The Bertz CT molecular complexity index is 670. The highest BCUT2D eigenvalue weighted by molar-refractivity contribution is 6.31. The number of carbonyl (C=O) groups excluding carboxylic acids is 3. The first-order valence-electron chi connectivity index (χ1n) is 7.53. The van der Waals surface area contributed by atoms with Crippen LogP contribution in [0.4, 0.5) is 16.2 Å². The molecule has 0 saturated carbocycles. The molecule has 7 nitrogen and oxygen atoms in total. The Morgan fingerprint density at radius 2 is 1.92 bits per heavy atom. The van der Waals surface area contributed by atoms with Crippen molar-refractivity contribution < 1.29 is 19.1 Å². The van der Waals surface area contributed by atoms with Gasteiger partial charge in [-0.15, -0.1) is 0 Å². The summed E-state index contributed by atoms with van der Waals surface area (Å²) in [7, 11) is 0. The molecule has 0 bridgehead atoms. The van der Waals surface area contributed by atoms with Gasteiger partial charge in [0.1, 0.15) is 11.6 Å². The largest absolute Gasteiger partial charge is 0.444 e. The number of rotatable bonds is 3. The van der Waals surface area contributed by atoms with Gasteiger partial charge in [0.25, 0.3) is 0 Å². The van der Waals surface area contributed by atoms with Gasteiger partial charge in [-0.05, 0) is 45.4 Å². The number of piperidine rings is 1. The number of halogens is 1. The highest BCUT2D eigenvalue weighted by Crippen LogP contribution is 2.25. The Morgan fingerprint density at radius 1 is 1.25 bits per heavy atom. The number of hydrogen-bond donors (Lipinski definition) is 3. The van der Waals surface area contributed by atoms with Crippen molar-refractivity contribution in [3.8, 4) is 0 Å². The number of hydrogen-bond acceptors (Lipinski definition) is 5. The molecule has 3 amide bonds. The van der Waals surface area contributed by atoms with Gasteiger partial charge in [-0.2, -0.15) is 0 Å². The maximum atomic E-state index is 11.8. The quantitative estimate of drug-likeness (QED) is 0.726. The molecule has 1 aromatic rings. The van der Waals surface area contributed by atoms with Gasteiger partial charge in [0.2, 0.25) is 11.8 Å². The van der Waals surface area contributed by atoms with Crippen LogP contribution >= 0.6 is 11.6 Å². The van der Waals surface area contributed by atoms with Crippen molar-refractivity contribution >= 4 is 40.9 Å². The third-order valence-electron chi connectivity index (χ3n) is 3.12. The second-order valence-electron chi connectivity index (χ2n) is 6.50. The molecule has 0 radical (unpaired) electrons. The first-order chi connectivity index (χ1) is 11.1. The summed E-state index contributed by atoms with van der Waals surface area (Å²) in [4.78, 5) is 34.8. The van der Waals surface area contributed by atoms with E-state index in [0.717, 1.165) is 0 Å². The Morgan fingerprint density at radius 3 is 2.54 bits per heavy atom. The minimum absolute atomic E-state index is 0.271. The fourth-order valence-corrected chi connectivity index (χ4v) is 2.43. The summed E-state index contributed by atoms with van der Waals surface area (Å²) < 4.78 is 5.19. The first kappa shape index (κ1) is 18.1. The molecule has 1 atom stereocenters. The average Bonchev–Trinajstić information content (AvgIpc) is 2.39. The van der Waals surface area contributed by atoms with Gasteiger partial charge in [-0.25, -0.2) is 4.79 Å². The van der Waals surface area contributed by atoms with Gasteiger partial charge in [0.15, 0.2) is 0 Å². The number of nitrogens with one attached hydrogen (secondary N) is 3. The van der Waals surface area contributed by atoms with Crippen LogP contribution in [0, 0.1) is 0 Å². The lowest BCUT2D eigenvalue weighted by atomic mass is 10.1. The smallest absolute Gasteiger partial charge is 0.412 e. The molecule has 8 heteroatoms. The van der Waals surface area contributed by atoms with E-state index in [9.17, 15) is 14.4 Å². The zero-order chi connectivity index (χ0) is 17.9. The van der Waals surface area contributed by atoms with Gasteiger partial charge in [0, 0.05) is 22.8 Å². The van der Waals surface area contributed by atoms with Gasteiger partial charge < -0.3 is 10.1 Å². The van der Waals surface area contributed by atoms with Crippen LogP contribution in [-0.2, 0) is 14.3 Å². The minimum atomic E-state index is -0.615. The highest BCUT2D eigenvalue weighted by atomic mass is 35.5. The highest BCUT2D eigenvalue weighted by Gasteiger charge is 2.26. The summed E-state index contributed by atoms with van der Waals surface area (Å²) in [5.41, 5.74) is 0.380. The van der Waals surface area contributed by atoms with E-state index in [4.69, 9.17) is 16.3 Å². The SMILES string of the molecule is CC(C)(C)OC(=O)Nc1cc(Cl)cc(NC2CCC(=O)NC2=O)c1. The number of anilines is 2. The number of ether oxygens (including phenoxy) is 1. The standard InChI is InChI=1S/C16H20ClN3O4/c1-16(2,3)24-15(23)19-11-7-9(17)6-10(8-11)18-12-4-5-13(21)20-14(12)22/h6-8,12,18H,4-5H2,1-3H3,(H,19,23)(H,20,21,22). The Labute approximate surface area is 145 Å². The maximum Gasteiger partial charge on any atom is 0.412 e. The number of imide groups is 1. The van der Waals surface area contributed by atoms with Crippen LogP contribution in [0.3, 0.4) is 0 Å². The van der Waals surface area contributed by atoms with E-state index in [2.05, 4.69) is 16.0 Å². The first-order valence-corrected chi connectivity index (χ1v) is 7.91. The molecule has 1 aliphatic rings. The molecule has 130 valence electrons. The van der Waals surface area contributed by atoms with Crippen molar-refractivity contribution in [3.63, 3.8) is 0 Å². The molecule has 0 spiro atoms. The topological polar surface area (TPSA) is 96.5 Å². The summed E-state index contributed by atoms with van der Waals surface area (Å²) in [6, 6.07) is 4.31. The van der Waals surface area contributed by atoms with Crippen LogP contribution < -0.4 is 16.0 Å². The molecule has 1 unspecified atom stereocenters. The van der Waals surface area contributed by atoms with Crippen LogP contribution in [0.15, 0.2) is 18.2 Å². The summed E-state index contributed by atoms with van der Waals surface area (Å²) in [5, 5.41) is 8.27. The summed E-state index contributed by atoms with van der Waals surface area (Å²) in [6.07, 6.45) is 0.0654. The second kappa shape index (κ2) is 7.09.